The third-order valence-electron chi connectivity index (χ3n) is 3.96. The van der Waals surface area contributed by atoms with Gasteiger partial charge in [-0.15, -0.1) is 0 Å². The van der Waals surface area contributed by atoms with Crippen molar-refractivity contribution in [2.24, 2.45) is 10.2 Å². The Morgan fingerprint density at radius 2 is 1.44 bits per heavy atom. The van der Waals surface area contributed by atoms with Crippen molar-refractivity contribution in [3.63, 3.8) is 0 Å². The van der Waals surface area contributed by atoms with Crippen molar-refractivity contribution in [3.05, 3.63) is 11.8 Å². The number of rotatable bonds is 14. The van der Waals surface area contributed by atoms with Crippen molar-refractivity contribution in [1.29, 1.82) is 0 Å². The summed E-state index contributed by atoms with van der Waals surface area (Å²) in [6.07, 6.45) is 16.0. The highest BCUT2D eigenvalue weighted by Gasteiger charge is 1.98. The second-order valence-electron chi connectivity index (χ2n) is 6.40. The fourth-order valence-corrected chi connectivity index (χ4v) is 2.32. The third kappa shape index (κ3) is 22.8. The molecule has 0 spiro atoms. The zero-order chi connectivity index (χ0) is 19.2. The van der Waals surface area contributed by atoms with Crippen molar-refractivity contribution in [2.75, 3.05) is 13.6 Å². The first-order valence-electron chi connectivity index (χ1n) is 10.4. The van der Waals surface area contributed by atoms with Crippen LogP contribution >= 0.6 is 0 Å². The number of hydrogen-bond donors (Lipinski definition) is 1. The summed E-state index contributed by atoms with van der Waals surface area (Å²) in [5, 5.41) is 10.7. The van der Waals surface area contributed by atoms with Gasteiger partial charge in [0.25, 0.3) is 0 Å². The van der Waals surface area contributed by atoms with E-state index in [0.29, 0.717) is 6.42 Å². The molecule has 4 nitrogen and oxygen atoms in total. The van der Waals surface area contributed by atoms with Crippen LogP contribution in [0.1, 0.15) is 105 Å². The van der Waals surface area contributed by atoms with E-state index < -0.39 is 0 Å². The molecule has 1 amide bonds. The van der Waals surface area contributed by atoms with Crippen LogP contribution in [0.25, 0.3) is 0 Å². The quantitative estimate of drug-likeness (QED) is 0.270. The Kier molecular flexibility index (Phi) is 23.8. The molecule has 0 radical (unpaired) electrons. The fraction of sp³-hybridized carbons (Fsp3) is 0.857. The highest BCUT2D eigenvalue weighted by molar-refractivity contribution is 5.75. The normalized spacial score (nSPS) is 11.3. The van der Waals surface area contributed by atoms with Crippen LogP contribution in [0.4, 0.5) is 0 Å². The Hall–Kier alpha value is -1.19. The predicted octanol–water partition coefficient (Wildman–Crippen LogP) is 6.82. The molecule has 0 aromatic heterocycles. The smallest absolute Gasteiger partial charge is 0.219 e. The zero-order valence-corrected chi connectivity index (χ0v) is 17.6. The molecule has 25 heavy (non-hydrogen) atoms. The van der Waals surface area contributed by atoms with Crippen LogP contribution in [0.2, 0.25) is 0 Å². The summed E-state index contributed by atoms with van der Waals surface area (Å²) in [5.41, 5.74) is 1.11. The summed E-state index contributed by atoms with van der Waals surface area (Å²) >= 11 is 0. The molecular formula is C21H43N3O. The molecule has 148 valence electrons. The van der Waals surface area contributed by atoms with Gasteiger partial charge in [0.15, 0.2) is 0 Å². The average Bonchev–Trinajstić information content (AvgIpc) is 2.62. The molecule has 1 N–H and O–H groups in total. The molecule has 0 aromatic rings. The molecule has 0 atom stereocenters. The number of azo groups is 1. The number of carbonyl (C=O) groups excluding carboxylic acids is 1. The van der Waals surface area contributed by atoms with E-state index in [4.69, 9.17) is 0 Å². The van der Waals surface area contributed by atoms with E-state index in [1.165, 1.54) is 44.9 Å². The van der Waals surface area contributed by atoms with E-state index in [9.17, 15) is 4.79 Å². The van der Waals surface area contributed by atoms with Gasteiger partial charge in [-0.05, 0) is 32.6 Å². The van der Waals surface area contributed by atoms with Gasteiger partial charge in [-0.2, -0.15) is 10.2 Å². The van der Waals surface area contributed by atoms with Crippen LogP contribution in [0.15, 0.2) is 22.0 Å². The minimum absolute atomic E-state index is 0.224. The molecule has 0 saturated heterocycles. The lowest BCUT2D eigenvalue weighted by atomic mass is 10.1. The highest BCUT2D eigenvalue weighted by Crippen LogP contribution is 2.09. The Labute approximate surface area is 157 Å². The summed E-state index contributed by atoms with van der Waals surface area (Å²) in [6, 6.07) is 0. The van der Waals surface area contributed by atoms with Crippen molar-refractivity contribution < 1.29 is 4.79 Å². The van der Waals surface area contributed by atoms with E-state index in [1.54, 1.807) is 7.05 Å². The Balaban J connectivity index is 0. The number of unbranched alkanes of at least 4 members (excludes halogenated alkanes) is 7. The Morgan fingerprint density at radius 1 is 0.840 bits per heavy atom. The first kappa shape index (κ1) is 26.0. The second-order valence-corrected chi connectivity index (χ2v) is 6.40. The number of amides is 1. The van der Waals surface area contributed by atoms with Crippen LogP contribution in [0.5, 0.6) is 0 Å². The standard InChI is InChI=1S/C12H25NO.C9H18N2/c1-3-5-7-8-9-11-13-12(14)10-6-4-2;1-4-6-7-8-9(5-2)11-10-3/h3-11H2,1-2H3,(H,13,14);5H,4,6-8H2,1-3H3/b;9-5-,11-10?. The lowest BCUT2D eigenvalue weighted by Gasteiger charge is -2.04. The van der Waals surface area contributed by atoms with E-state index in [0.717, 1.165) is 37.9 Å². The summed E-state index contributed by atoms with van der Waals surface area (Å²) in [7, 11) is 1.71. The number of allylic oxidation sites excluding steroid dienone is 2. The number of nitrogens with one attached hydrogen (secondary N) is 1. The summed E-state index contributed by atoms with van der Waals surface area (Å²) < 4.78 is 0. The molecule has 0 saturated carbocycles. The molecule has 0 aromatic carbocycles. The van der Waals surface area contributed by atoms with Gasteiger partial charge in [-0.25, -0.2) is 0 Å². The molecule has 4 heteroatoms. The van der Waals surface area contributed by atoms with Gasteiger partial charge in [-0.1, -0.05) is 71.8 Å². The molecule has 0 aliphatic carbocycles. The first-order valence-corrected chi connectivity index (χ1v) is 10.4. The molecule has 0 bridgehead atoms. The van der Waals surface area contributed by atoms with Crippen LogP contribution < -0.4 is 5.32 Å². The van der Waals surface area contributed by atoms with Gasteiger partial charge in [0.1, 0.15) is 0 Å². The molecule has 0 unspecified atom stereocenters. The molecular weight excluding hydrogens is 310 g/mol. The number of carbonyl (C=O) groups is 1. The van der Waals surface area contributed by atoms with Gasteiger partial charge in [-0.3, -0.25) is 4.79 Å². The SMILES string of the molecule is C/C=C(/CCCCC)N=NC.CCCCCCCNC(=O)CCCC. The van der Waals surface area contributed by atoms with Crippen molar-refractivity contribution >= 4 is 5.91 Å². The largest absolute Gasteiger partial charge is 0.356 e. The van der Waals surface area contributed by atoms with E-state index in [2.05, 4.69) is 36.3 Å². The van der Waals surface area contributed by atoms with Crippen molar-refractivity contribution in [1.82, 2.24) is 5.32 Å². The van der Waals surface area contributed by atoms with E-state index in [1.807, 2.05) is 13.0 Å². The summed E-state index contributed by atoms with van der Waals surface area (Å²) in [4.78, 5) is 11.2. The van der Waals surface area contributed by atoms with Crippen LogP contribution in [0.3, 0.4) is 0 Å². The Morgan fingerprint density at radius 3 is 2.00 bits per heavy atom. The summed E-state index contributed by atoms with van der Waals surface area (Å²) in [6.45, 7) is 9.41. The molecule has 0 aliphatic rings. The number of nitrogens with zero attached hydrogens (tertiary/aromatic N) is 2. The maximum absolute atomic E-state index is 11.2. The average molecular weight is 354 g/mol. The molecule has 0 aliphatic heterocycles. The van der Waals surface area contributed by atoms with Gasteiger partial charge >= 0.3 is 0 Å². The lowest BCUT2D eigenvalue weighted by Crippen LogP contribution is -2.23. The van der Waals surface area contributed by atoms with Gasteiger partial charge in [0, 0.05) is 20.0 Å². The lowest BCUT2D eigenvalue weighted by molar-refractivity contribution is -0.121. The van der Waals surface area contributed by atoms with E-state index in [-0.39, 0.29) is 5.91 Å². The minimum Gasteiger partial charge on any atom is -0.356 e. The number of hydrogen-bond acceptors (Lipinski definition) is 3. The second kappa shape index (κ2) is 22.8. The first-order chi connectivity index (χ1) is 12.2. The van der Waals surface area contributed by atoms with Crippen LogP contribution in [-0.4, -0.2) is 19.5 Å². The maximum atomic E-state index is 11.2. The van der Waals surface area contributed by atoms with Crippen LogP contribution in [0, 0.1) is 0 Å². The third-order valence-corrected chi connectivity index (χ3v) is 3.96. The van der Waals surface area contributed by atoms with Crippen molar-refractivity contribution in [2.45, 2.75) is 105 Å². The monoisotopic (exact) mass is 353 g/mol. The zero-order valence-electron chi connectivity index (χ0n) is 17.6. The highest BCUT2D eigenvalue weighted by atomic mass is 16.1. The summed E-state index contributed by atoms with van der Waals surface area (Å²) in [5.74, 6) is 0.224. The molecule has 0 fully saturated rings. The van der Waals surface area contributed by atoms with E-state index >= 15 is 0 Å². The topological polar surface area (TPSA) is 53.8 Å². The maximum Gasteiger partial charge on any atom is 0.219 e. The predicted molar refractivity (Wildman–Crippen MR) is 110 cm³/mol. The Bertz CT molecular complexity index is 338. The van der Waals surface area contributed by atoms with Gasteiger partial charge in [0.2, 0.25) is 5.91 Å². The van der Waals surface area contributed by atoms with Gasteiger partial charge in [0.05, 0.1) is 5.70 Å². The molecule has 0 heterocycles. The van der Waals surface area contributed by atoms with Crippen molar-refractivity contribution in [3.8, 4) is 0 Å². The molecule has 0 rings (SSSR count). The van der Waals surface area contributed by atoms with Gasteiger partial charge < -0.3 is 5.32 Å². The van der Waals surface area contributed by atoms with Crippen LogP contribution in [-0.2, 0) is 4.79 Å². The fourth-order valence-electron chi connectivity index (χ4n) is 2.32. The minimum atomic E-state index is 0.224.